The van der Waals surface area contributed by atoms with E-state index in [0.29, 0.717) is 19.6 Å². The lowest BCUT2D eigenvalue weighted by atomic mass is 10.1. The molecule has 2 saturated heterocycles. The third kappa shape index (κ3) is 3.54. The Morgan fingerprint density at radius 1 is 0.957 bits per heavy atom. The highest BCUT2D eigenvalue weighted by Gasteiger charge is 2.38. The molecule has 0 aromatic heterocycles. The topological polar surface area (TPSA) is 49.9 Å². The van der Waals surface area contributed by atoms with Crippen LogP contribution in [-0.4, -0.2) is 43.8 Å². The number of hydrogen-bond donors (Lipinski definition) is 0. The molecule has 0 amide bonds. The average Bonchev–Trinajstić information content (AvgIpc) is 2.90. The molecule has 5 nitrogen and oxygen atoms in total. The summed E-state index contributed by atoms with van der Waals surface area (Å²) >= 11 is 0. The zero-order valence-electron chi connectivity index (χ0n) is 13.8. The summed E-state index contributed by atoms with van der Waals surface area (Å²) in [6, 6.07) is 7.74. The zero-order chi connectivity index (χ0) is 16.3. The van der Waals surface area contributed by atoms with Gasteiger partial charge in [-0.2, -0.15) is 17.0 Å². The highest BCUT2D eigenvalue weighted by molar-refractivity contribution is 7.86. The Morgan fingerprint density at radius 2 is 1.61 bits per heavy atom. The van der Waals surface area contributed by atoms with Gasteiger partial charge in [-0.25, -0.2) is 0 Å². The molecule has 128 valence electrons. The molecule has 1 aromatic carbocycles. The van der Waals surface area contributed by atoms with E-state index in [1.165, 1.54) is 0 Å². The van der Waals surface area contributed by atoms with Crippen LogP contribution in [0.15, 0.2) is 24.3 Å². The van der Waals surface area contributed by atoms with E-state index in [0.717, 1.165) is 49.8 Å². The Hall–Kier alpha value is -1.11. The molecule has 3 rings (SSSR count). The molecule has 0 spiro atoms. The fourth-order valence-corrected chi connectivity index (χ4v) is 5.52. The van der Waals surface area contributed by atoms with Crippen molar-refractivity contribution in [1.82, 2.24) is 8.61 Å². The van der Waals surface area contributed by atoms with Crippen LogP contribution >= 0.6 is 0 Å². The predicted molar refractivity (Wildman–Crippen MR) is 90.6 cm³/mol. The van der Waals surface area contributed by atoms with Gasteiger partial charge in [-0.1, -0.05) is 25.0 Å². The van der Waals surface area contributed by atoms with E-state index >= 15 is 0 Å². The molecule has 0 saturated carbocycles. The van der Waals surface area contributed by atoms with Crippen LogP contribution in [0.1, 0.15) is 50.1 Å². The maximum atomic E-state index is 13.1. The highest BCUT2D eigenvalue weighted by atomic mass is 32.2. The van der Waals surface area contributed by atoms with E-state index < -0.39 is 10.2 Å². The zero-order valence-corrected chi connectivity index (χ0v) is 14.6. The normalized spacial score (nSPS) is 24.5. The SMILES string of the molecule is COc1ccc(C2CCCN2S(=O)(=O)N2CCCCCC2)cc1. The number of rotatable bonds is 4. The van der Waals surface area contributed by atoms with Gasteiger partial charge < -0.3 is 4.74 Å². The highest BCUT2D eigenvalue weighted by Crippen LogP contribution is 2.36. The molecule has 0 aliphatic carbocycles. The van der Waals surface area contributed by atoms with Crippen LogP contribution < -0.4 is 4.74 Å². The maximum absolute atomic E-state index is 13.1. The van der Waals surface area contributed by atoms with Crippen molar-refractivity contribution in [3.05, 3.63) is 29.8 Å². The lowest BCUT2D eigenvalue weighted by molar-refractivity contribution is 0.330. The van der Waals surface area contributed by atoms with Gasteiger partial charge in [-0.05, 0) is 43.4 Å². The summed E-state index contributed by atoms with van der Waals surface area (Å²) in [7, 11) is -1.72. The molecule has 1 unspecified atom stereocenters. The second kappa shape index (κ2) is 7.20. The number of benzene rings is 1. The van der Waals surface area contributed by atoms with E-state index in [-0.39, 0.29) is 6.04 Å². The molecule has 0 bridgehead atoms. The fourth-order valence-electron chi connectivity index (χ4n) is 3.60. The first-order chi connectivity index (χ1) is 11.1. The molecule has 1 aromatic rings. The van der Waals surface area contributed by atoms with Gasteiger partial charge in [0.15, 0.2) is 0 Å². The number of nitrogens with zero attached hydrogens (tertiary/aromatic N) is 2. The van der Waals surface area contributed by atoms with Crippen molar-refractivity contribution in [1.29, 1.82) is 0 Å². The van der Waals surface area contributed by atoms with Crippen molar-refractivity contribution >= 4 is 10.2 Å². The smallest absolute Gasteiger partial charge is 0.282 e. The van der Waals surface area contributed by atoms with E-state index in [4.69, 9.17) is 4.74 Å². The Kier molecular flexibility index (Phi) is 5.24. The largest absolute Gasteiger partial charge is 0.497 e. The standard InChI is InChI=1S/C17H26N2O3S/c1-22-16-10-8-15(9-11-16)17-7-6-14-19(17)23(20,21)18-12-4-2-3-5-13-18/h8-11,17H,2-7,12-14H2,1H3. The van der Waals surface area contributed by atoms with Gasteiger partial charge in [0, 0.05) is 19.6 Å². The Labute approximate surface area is 139 Å². The van der Waals surface area contributed by atoms with Crippen LogP contribution in [0.2, 0.25) is 0 Å². The maximum Gasteiger partial charge on any atom is 0.282 e. The third-order valence-electron chi connectivity index (χ3n) is 4.89. The molecular weight excluding hydrogens is 312 g/mol. The summed E-state index contributed by atoms with van der Waals surface area (Å²) in [5.41, 5.74) is 1.06. The second-order valence-electron chi connectivity index (χ2n) is 6.36. The molecule has 2 aliphatic rings. The molecule has 2 aliphatic heterocycles. The van der Waals surface area contributed by atoms with Gasteiger partial charge in [0.1, 0.15) is 5.75 Å². The Balaban J connectivity index is 1.81. The van der Waals surface area contributed by atoms with E-state index in [9.17, 15) is 8.42 Å². The molecule has 0 radical (unpaired) electrons. The van der Waals surface area contributed by atoms with Crippen molar-refractivity contribution in [2.75, 3.05) is 26.7 Å². The van der Waals surface area contributed by atoms with Crippen LogP contribution in [0.3, 0.4) is 0 Å². The average molecular weight is 338 g/mol. The third-order valence-corrected chi connectivity index (χ3v) is 6.94. The van der Waals surface area contributed by atoms with Crippen LogP contribution in [0.4, 0.5) is 0 Å². The van der Waals surface area contributed by atoms with Crippen LogP contribution in [0, 0.1) is 0 Å². The lowest BCUT2D eigenvalue weighted by Crippen LogP contribution is -2.43. The Bertz CT molecular complexity index is 607. The molecule has 1 atom stereocenters. The molecule has 2 fully saturated rings. The van der Waals surface area contributed by atoms with Gasteiger partial charge in [0.25, 0.3) is 10.2 Å². The monoisotopic (exact) mass is 338 g/mol. The van der Waals surface area contributed by atoms with Crippen molar-refractivity contribution in [2.45, 2.75) is 44.6 Å². The molecule has 0 N–H and O–H groups in total. The Morgan fingerprint density at radius 3 is 2.22 bits per heavy atom. The second-order valence-corrected chi connectivity index (χ2v) is 8.24. The van der Waals surface area contributed by atoms with Crippen molar-refractivity contribution < 1.29 is 13.2 Å². The van der Waals surface area contributed by atoms with Gasteiger partial charge in [0.05, 0.1) is 13.2 Å². The first-order valence-corrected chi connectivity index (χ1v) is 9.93. The number of methoxy groups -OCH3 is 1. The summed E-state index contributed by atoms with van der Waals surface area (Å²) in [4.78, 5) is 0. The number of hydrogen-bond acceptors (Lipinski definition) is 3. The van der Waals surface area contributed by atoms with Crippen LogP contribution in [0.5, 0.6) is 5.75 Å². The minimum Gasteiger partial charge on any atom is -0.497 e. The molecule has 6 heteroatoms. The van der Waals surface area contributed by atoms with E-state index in [1.807, 2.05) is 24.3 Å². The van der Waals surface area contributed by atoms with Gasteiger partial charge in [-0.15, -0.1) is 0 Å². The van der Waals surface area contributed by atoms with E-state index in [2.05, 4.69) is 0 Å². The first-order valence-electron chi connectivity index (χ1n) is 8.54. The van der Waals surface area contributed by atoms with Crippen molar-refractivity contribution in [3.8, 4) is 5.75 Å². The minimum absolute atomic E-state index is 0.0471. The summed E-state index contributed by atoms with van der Waals surface area (Å²) in [6.45, 7) is 1.94. The first kappa shape index (κ1) is 16.7. The summed E-state index contributed by atoms with van der Waals surface area (Å²) < 4.78 is 34.7. The fraction of sp³-hybridized carbons (Fsp3) is 0.647. The minimum atomic E-state index is -3.36. The van der Waals surface area contributed by atoms with Crippen LogP contribution in [-0.2, 0) is 10.2 Å². The van der Waals surface area contributed by atoms with Gasteiger partial charge >= 0.3 is 0 Å². The van der Waals surface area contributed by atoms with Crippen molar-refractivity contribution in [3.63, 3.8) is 0 Å². The lowest BCUT2D eigenvalue weighted by Gasteiger charge is -2.30. The predicted octanol–water partition coefficient (Wildman–Crippen LogP) is 2.95. The summed E-state index contributed by atoms with van der Waals surface area (Å²) in [6.07, 6.45) is 6.02. The summed E-state index contributed by atoms with van der Waals surface area (Å²) in [5.74, 6) is 0.800. The molecular formula is C17H26N2O3S. The quantitative estimate of drug-likeness (QED) is 0.848. The summed E-state index contributed by atoms with van der Waals surface area (Å²) in [5, 5.41) is 0. The number of ether oxygens (including phenoxy) is 1. The molecule has 2 heterocycles. The van der Waals surface area contributed by atoms with E-state index in [1.54, 1.807) is 15.7 Å². The van der Waals surface area contributed by atoms with Gasteiger partial charge in [-0.3, -0.25) is 0 Å². The van der Waals surface area contributed by atoms with Crippen molar-refractivity contribution in [2.24, 2.45) is 0 Å². The van der Waals surface area contributed by atoms with Gasteiger partial charge in [0.2, 0.25) is 0 Å². The molecule has 23 heavy (non-hydrogen) atoms. The van der Waals surface area contributed by atoms with Crippen LogP contribution in [0.25, 0.3) is 0 Å².